The first-order valence-electron chi connectivity index (χ1n) is 10.2. The van der Waals surface area contributed by atoms with Crippen molar-refractivity contribution < 1.29 is 17.9 Å². The highest BCUT2D eigenvalue weighted by molar-refractivity contribution is 7.89. The molecule has 4 rings (SSSR count). The number of hydrogen-bond donors (Lipinski definition) is 2. The second kappa shape index (κ2) is 8.64. The number of carbonyl (C=O) groups is 1. The largest absolute Gasteiger partial charge is 0.468 e. The number of para-hydroxylation sites is 1. The van der Waals surface area contributed by atoms with Crippen molar-refractivity contribution in [2.24, 2.45) is 0 Å². The molecule has 0 amide bonds. The number of hydrogen-bond acceptors (Lipinski definition) is 5. The van der Waals surface area contributed by atoms with Crippen molar-refractivity contribution in [2.45, 2.75) is 17.4 Å². The smallest absolute Gasteiger partial charge is 0.324 e. The number of nitrogens with one attached hydrogen (secondary N) is 2. The molecule has 4 aromatic rings. The molecule has 0 spiro atoms. The molecule has 0 aliphatic rings. The normalized spacial score (nSPS) is 12.7. The number of aromatic nitrogens is 1. The molecule has 0 bridgehead atoms. The summed E-state index contributed by atoms with van der Waals surface area (Å²) in [7, 11) is 0.931. The lowest BCUT2D eigenvalue weighted by Gasteiger charge is -2.20. The van der Waals surface area contributed by atoms with E-state index >= 15 is 0 Å². The van der Waals surface area contributed by atoms with E-state index in [0.717, 1.165) is 27.5 Å². The number of rotatable bonds is 7. The molecule has 0 fully saturated rings. The zero-order valence-electron chi connectivity index (χ0n) is 18.1. The van der Waals surface area contributed by atoms with E-state index in [1.807, 2.05) is 67.5 Å². The van der Waals surface area contributed by atoms with Crippen LogP contribution in [0.15, 0.2) is 71.8 Å². The standard InChI is InChI=1S/C24H25N3O4S/c1-27(2)21-12-6-8-16-9-7-13-22(23(16)21)32(29,30)26-20(24(28)31-3)14-17-15-25-19-11-5-4-10-18(17)19/h4-13,15,20,25-26H,14H2,1-3H3. The molecule has 166 valence electrons. The number of ether oxygens (including phenoxy) is 1. The van der Waals surface area contributed by atoms with Gasteiger partial charge in [-0.25, -0.2) is 8.42 Å². The maximum Gasteiger partial charge on any atom is 0.324 e. The monoisotopic (exact) mass is 451 g/mol. The number of anilines is 1. The zero-order valence-corrected chi connectivity index (χ0v) is 18.9. The topological polar surface area (TPSA) is 91.5 Å². The lowest BCUT2D eigenvalue weighted by atomic mass is 10.1. The Morgan fingerprint density at radius 1 is 1.06 bits per heavy atom. The summed E-state index contributed by atoms with van der Waals surface area (Å²) >= 11 is 0. The van der Waals surface area contributed by atoms with Gasteiger partial charge in [0, 0.05) is 48.7 Å². The van der Waals surface area contributed by atoms with E-state index in [1.165, 1.54) is 7.11 Å². The molecule has 0 saturated carbocycles. The molecule has 0 aliphatic heterocycles. The summed E-state index contributed by atoms with van der Waals surface area (Å²) in [6, 6.07) is 17.3. The predicted molar refractivity (Wildman–Crippen MR) is 126 cm³/mol. The Bertz CT molecular complexity index is 1390. The first kappa shape index (κ1) is 21.9. The van der Waals surface area contributed by atoms with Gasteiger partial charge in [0.15, 0.2) is 0 Å². The molecule has 1 unspecified atom stereocenters. The fourth-order valence-corrected chi connectivity index (χ4v) is 5.40. The average molecular weight is 452 g/mol. The van der Waals surface area contributed by atoms with E-state index in [0.29, 0.717) is 5.39 Å². The van der Waals surface area contributed by atoms with Crippen LogP contribution >= 0.6 is 0 Å². The second-order valence-electron chi connectivity index (χ2n) is 7.79. The van der Waals surface area contributed by atoms with Gasteiger partial charge in [0.2, 0.25) is 10.0 Å². The molecular formula is C24H25N3O4S. The van der Waals surface area contributed by atoms with Crippen LogP contribution in [0.3, 0.4) is 0 Å². The SMILES string of the molecule is COC(=O)C(Cc1c[nH]c2ccccc12)NS(=O)(=O)c1cccc2cccc(N(C)C)c12. The van der Waals surface area contributed by atoms with Crippen molar-refractivity contribution in [3.63, 3.8) is 0 Å². The number of carbonyl (C=O) groups excluding carboxylic acids is 1. The minimum Gasteiger partial charge on any atom is -0.468 e. The van der Waals surface area contributed by atoms with Crippen molar-refractivity contribution in [3.8, 4) is 0 Å². The van der Waals surface area contributed by atoms with Gasteiger partial charge in [0.1, 0.15) is 6.04 Å². The highest BCUT2D eigenvalue weighted by Crippen LogP contribution is 2.32. The lowest BCUT2D eigenvalue weighted by Crippen LogP contribution is -2.43. The van der Waals surface area contributed by atoms with Crippen LogP contribution in [0.1, 0.15) is 5.56 Å². The van der Waals surface area contributed by atoms with Crippen molar-refractivity contribution in [1.82, 2.24) is 9.71 Å². The molecule has 0 aliphatic carbocycles. The van der Waals surface area contributed by atoms with E-state index in [4.69, 9.17) is 4.74 Å². The van der Waals surface area contributed by atoms with E-state index in [9.17, 15) is 13.2 Å². The summed E-state index contributed by atoms with van der Waals surface area (Å²) in [4.78, 5) is 17.7. The van der Waals surface area contributed by atoms with Gasteiger partial charge in [-0.3, -0.25) is 4.79 Å². The number of benzene rings is 3. The number of nitrogens with zero attached hydrogens (tertiary/aromatic N) is 1. The minimum atomic E-state index is -4.04. The van der Waals surface area contributed by atoms with Crippen LogP contribution in [-0.2, 0) is 26.0 Å². The van der Waals surface area contributed by atoms with E-state index in [2.05, 4.69) is 9.71 Å². The number of H-pyrrole nitrogens is 1. The van der Waals surface area contributed by atoms with Crippen molar-refractivity contribution >= 4 is 43.4 Å². The van der Waals surface area contributed by atoms with Gasteiger partial charge in [-0.15, -0.1) is 0 Å². The number of esters is 1. The Labute approximate surface area is 187 Å². The first-order chi connectivity index (χ1) is 15.3. The van der Waals surface area contributed by atoms with Crippen LogP contribution in [0, 0.1) is 0 Å². The predicted octanol–water partition coefficient (Wildman–Crippen LogP) is 3.45. The summed E-state index contributed by atoms with van der Waals surface area (Å²) in [6.45, 7) is 0. The number of sulfonamides is 1. The second-order valence-corrected chi connectivity index (χ2v) is 9.47. The molecule has 0 saturated heterocycles. The Kier molecular flexibility index (Phi) is 5.90. The summed E-state index contributed by atoms with van der Waals surface area (Å²) in [5.41, 5.74) is 2.51. The Morgan fingerprint density at radius 2 is 1.78 bits per heavy atom. The molecule has 2 N–H and O–H groups in total. The molecule has 3 aromatic carbocycles. The maximum atomic E-state index is 13.5. The summed E-state index contributed by atoms with van der Waals surface area (Å²) < 4.78 is 34.5. The van der Waals surface area contributed by atoms with Crippen LogP contribution in [0.25, 0.3) is 21.7 Å². The maximum absolute atomic E-state index is 13.5. The molecule has 8 heteroatoms. The van der Waals surface area contributed by atoms with Crippen LogP contribution < -0.4 is 9.62 Å². The molecule has 1 atom stereocenters. The lowest BCUT2D eigenvalue weighted by molar-refractivity contribution is -0.142. The van der Waals surface area contributed by atoms with E-state index < -0.39 is 22.0 Å². The van der Waals surface area contributed by atoms with Gasteiger partial charge < -0.3 is 14.6 Å². The number of methoxy groups -OCH3 is 1. The average Bonchev–Trinajstić information content (AvgIpc) is 3.19. The van der Waals surface area contributed by atoms with E-state index in [1.54, 1.807) is 18.3 Å². The zero-order chi connectivity index (χ0) is 22.9. The van der Waals surface area contributed by atoms with Gasteiger partial charge in [0.25, 0.3) is 0 Å². The van der Waals surface area contributed by atoms with Crippen molar-refractivity contribution in [3.05, 3.63) is 72.4 Å². The third kappa shape index (κ3) is 4.06. The number of fused-ring (bicyclic) bond motifs is 2. The fourth-order valence-electron chi connectivity index (χ4n) is 3.97. The van der Waals surface area contributed by atoms with Gasteiger partial charge in [-0.05, 0) is 29.1 Å². The molecule has 0 radical (unpaired) electrons. The van der Waals surface area contributed by atoms with Crippen molar-refractivity contribution in [2.75, 3.05) is 26.1 Å². The Balaban J connectivity index is 1.75. The van der Waals surface area contributed by atoms with Crippen LogP contribution in [0.5, 0.6) is 0 Å². The van der Waals surface area contributed by atoms with Gasteiger partial charge >= 0.3 is 5.97 Å². The van der Waals surface area contributed by atoms with Crippen LogP contribution in [0.4, 0.5) is 5.69 Å². The molecule has 1 aromatic heterocycles. The molecule has 7 nitrogen and oxygen atoms in total. The summed E-state index contributed by atoms with van der Waals surface area (Å²) in [5, 5.41) is 2.33. The molecule has 1 heterocycles. The molecule has 32 heavy (non-hydrogen) atoms. The highest BCUT2D eigenvalue weighted by atomic mass is 32.2. The fraction of sp³-hybridized carbons (Fsp3) is 0.208. The Hall–Kier alpha value is -3.36. The number of aromatic amines is 1. The van der Waals surface area contributed by atoms with Gasteiger partial charge in [0.05, 0.1) is 12.0 Å². The van der Waals surface area contributed by atoms with Gasteiger partial charge in [-0.1, -0.05) is 42.5 Å². The quantitative estimate of drug-likeness (QED) is 0.420. The van der Waals surface area contributed by atoms with E-state index in [-0.39, 0.29) is 11.3 Å². The summed E-state index contributed by atoms with van der Waals surface area (Å²) in [5.74, 6) is -0.646. The van der Waals surface area contributed by atoms with Gasteiger partial charge in [-0.2, -0.15) is 4.72 Å². The third-order valence-electron chi connectivity index (χ3n) is 5.50. The van der Waals surface area contributed by atoms with Crippen LogP contribution in [0.2, 0.25) is 0 Å². The summed E-state index contributed by atoms with van der Waals surface area (Å²) in [6.07, 6.45) is 1.94. The third-order valence-corrected chi connectivity index (χ3v) is 7.01. The Morgan fingerprint density at radius 3 is 2.50 bits per heavy atom. The van der Waals surface area contributed by atoms with Crippen LogP contribution in [-0.4, -0.2) is 46.6 Å². The first-order valence-corrected chi connectivity index (χ1v) is 11.6. The molecular weight excluding hydrogens is 426 g/mol. The van der Waals surface area contributed by atoms with Crippen molar-refractivity contribution in [1.29, 1.82) is 0 Å². The minimum absolute atomic E-state index is 0.118. The highest BCUT2D eigenvalue weighted by Gasteiger charge is 2.29.